The molecule has 1 aromatic carbocycles. The van der Waals surface area contributed by atoms with Crippen LogP contribution < -0.4 is 21.9 Å². The number of nitrogen functional groups attached to an aromatic ring is 1. The summed E-state index contributed by atoms with van der Waals surface area (Å²) in [5.74, 6) is -0.467. The first kappa shape index (κ1) is 24.3. The highest BCUT2D eigenvalue weighted by atomic mass is 19.1. The highest BCUT2D eigenvalue weighted by molar-refractivity contribution is 5.96. The molecule has 2 aromatic rings. The van der Waals surface area contributed by atoms with E-state index in [0.717, 1.165) is 5.56 Å². The lowest BCUT2D eigenvalue weighted by Crippen LogP contribution is -2.46. The van der Waals surface area contributed by atoms with Crippen LogP contribution in [0.2, 0.25) is 0 Å². The van der Waals surface area contributed by atoms with Crippen LogP contribution in [0.25, 0.3) is 0 Å². The molecule has 0 bridgehead atoms. The van der Waals surface area contributed by atoms with E-state index in [1.807, 2.05) is 27.7 Å². The molecule has 1 heterocycles. The van der Waals surface area contributed by atoms with Gasteiger partial charge in [0.25, 0.3) is 5.56 Å². The molecule has 1 aromatic heterocycles. The zero-order chi connectivity index (χ0) is 23.3. The van der Waals surface area contributed by atoms with E-state index in [4.69, 9.17) is 5.73 Å². The molecule has 0 saturated heterocycles. The van der Waals surface area contributed by atoms with Crippen molar-refractivity contribution in [2.75, 3.05) is 30.8 Å². The summed E-state index contributed by atoms with van der Waals surface area (Å²) in [6.45, 7) is 8.76. The minimum atomic E-state index is -0.683. The molecule has 0 radical (unpaired) electrons. The number of hydrogen-bond donors (Lipinski definition) is 2. The second-order valence-electron chi connectivity index (χ2n) is 8.69. The summed E-state index contributed by atoms with van der Waals surface area (Å²) < 4.78 is 14.4. The molecule has 0 atom stereocenters. The molecule has 0 aliphatic carbocycles. The van der Waals surface area contributed by atoms with Crippen molar-refractivity contribution in [1.82, 2.24) is 14.5 Å². The normalized spacial score (nSPS) is 11.5. The van der Waals surface area contributed by atoms with Crippen LogP contribution in [0.3, 0.4) is 0 Å². The van der Waals surface area contributed by atoms with Gasteiger partial charge in [0.15, 0.2) is 5.69 Å². The van der Waals surface area contributed by atoms with Crippen molar-refractivity contribution >= 4 is 17.4 Å². The van der Waals surface area contributed by atoms with E-state index < -0.39 is 11.2 Å². The molecule has 0 spiro atoms. The standard InChI is InChI=1S/C22H32FN5O3/c1-14(2)10-27(18(29)13-26(5)12-16-6-8-17(23)9-7-16)19-20(24)28(11-15(3)4)22(31)25-21(19)30/h6-9,14-15H,10-13,24H2,1-5H3,(H,25,30,31). The highest BCUT2D eigenvalue weighted by Gasteiger charge is 2.26. The molecule has 0 unspecified atom stereocenters. The number of rotatable bonds is 9. The fraction of sp³-hybridized carbons (Fsp3) is 0.500. The number of aromatic nitrogens is 2. The maximum atomic E-state index is 13.2. The van der Waals surface area contributed by atoms with E-state index in [2.05, 4.69) is 4.98 Å². The van der Waals surface area contributed by atoms with Crippen LogP contribution in [0.1, 0.15) is 33.3 Å². The molecule has 2 rings (SSSR count). The first-order valence-corrected chi connectivity index (χ1v) is 10.4. The van der Waals surface area contributed by atoms with Gasteiger partial charge in [0.05, 0.1) is 6.54 Å². The smallest absolute Gasteiger partial charge is 0.330 e. The summed E-state index contributed by atoms with van der Waals surface area (Å²) >= 11 is 0. The zero-order valence-electron chi connectivity index (χ0n) is 18.8. The molecule has 0 fully saturated rings. The van der Waals surface area contributed by atoms with Crippen molar-refractivity contribution in [2.24, 2.45) is 11.8 Å². The van der Waals surface area contributed by atoms with Crippen LogP contribution >= 0.6 is 0 Å². The number of amides is 1. The average Bonchev–Trinajstić information content (AvgIpc) is 2.65. The van der Waals surface area contributed by atoms with Crippen LogP contribution in [-0.2, 0) is 17.9 Å². The molecule has 0 aliphatic heterocycles. The Labute approximate surface area is 181 Å². The largest absolute Gasteiger partial charge is 0.383 e. The Kier molecular flexibility index (Phi) is 8.15. The van der Waals surface area contributed by atoms with Gasteiger partial charge in [-0.1, -0.05) is 39.8 Å². The van der Waals surface area contributed by atoms with Gasteiger partial charge in [-0.2, -0.15) is 0 Å². The zero-order valence-corrected chi connectivity index (χ0v) is 18.8. The molecule has 8 nitrogen and oxygen atoms in total. The number of aromatic amines is 1. The number of nitrogens with one attached hydrogen (secondary N) is 1. The molecule has 170 valence electrons. The number of hydrogen-bond acceptors (Lipinski definition) is 5. The van der Waals surface area contributed by atoms with Gasteiger partial charge in [0.2, 0.25) is 5.91 Å². The van der Waals surface area contributed by atoms with Crippen molar-refractivity contribution in [2.45, 2.75) is 40.8 Å². The molecule has 9 heteroatoms. The molecular formula is C22H32FN5O3. The minimum Gasteiger partial charge on any atom is -0.383 e. The lowest BCUT2D eigenvalue weighted by molar-refractivity contribution is -0.119. The monoisotopic (exact) mass is 433 g/mol. The van der Waals surface area contributed by atoms with Crippen LogP contribution in [0.15, 0.2) is 33.9 Å². The van der Waals surface area contributed by atoms with Gasteiger partial charge in [0, 0.05) is 19.6 Å². The molecule has 0 saturated carbocycles. The first-order chi connectivity index (χ1) is 14.5. The number of halogens is 1. The van der Waals surface area contributed by atoms with E-state index in [0.29, 0.717) is 13.1 Å². The number of carbonyl (C=O) groups is 1. The topological polar surface area (TPSA) is 104 Å². The first-order valence-electron chi connectivity index (χ1n) is 10.4. The summed E-state index contributed by atoms with van der Waals surface area (Å²) in [7, 11) is 1.77. The lowest BCUT2D eigenvalue weighted by Gasteiger charge is -2.28. The highest BCUT2D eigenvalue weighted by Crippen LogP contribution is 2.20. The van der Waals surface area contributed by atoms with Crippen molar-refractivity contribution in [1.29, 1.82) is 0 Å². The van der Waals surface area contributed by atoms with Gasteiger partial charge in [-0.15, -0.1) is 0 Å². The fourth-order valence-electron chi connectivity index (χ4n) is 3.34. The van der Waals surface area contributed by atoms with E-state index in [1.54, 1.807) is 24.1 Å². The molecule has 31 heavy (non-hydrogen) atoms. The number of anilines is 2. The van der Waals surface area contributed by atoms with Gasteiger partial charge >= 0.3 is 5.69 Å². The Morgan fingerprint density at radius 1 is 1.13 bits per heavy atom. The molecular weight excluding hydrogens is 401 g/mol. The summed E-state index contributed by atoms with van der Waals surface area (Å²) in [4.78, 5) is 43.5. The van der Waals surface area contributed by atoms with Gasteiger partial charge in [0.1, 0.15) is 11.6 Å². The van der Waals surface area contributed by atoms with Crippen molar-refractivity contribution in [3.8, 4) is 0 Å². The quantitative estimate of drug-likeness (QED) is 0.630. The Morgan fingerprint density at radius 3 is 2.29 bits per heavy atom. The summed E-state index contributed by atoms with van der Waals surface area (Å²) in [6, 6.07) is 6.06. The number of H-pyrrole nitrogens is 1. The van der Waals surface area contributed by atoms with Gasteiger partial charge in [-0.3, -0.25) is 24.0 Å². The maximum absolute atomic E-state index is 13.2. The van der Waals surface area contributed by atoms with Gasteiger partial charge in [-0.05, 0) is 36.6 Å². The minimum absolute atomic E-state index is 0.00543. The third-order valence-electron chi connectivity index (χ3n) is 4.65. The summed E-state index contributed by atoms with van der Waals surface area (Å²) in [5.41, 5.74) is 5.79. The second kappa shape index (κ2) is 10.4. The Morgan fingerprint density at radius 2 is 1.74 bits per heavy atom. The third-order valence-corrected chi connectivity index (χ3v) is 4.65. The van der Waals surface area contributed by atoms with E-state index in [1.165, 1.54) is 21.6 Å². The van der Waals surface area contributed by atoms with Crippen molar-refractivity contribution in [3.05, 3.63) is 56.5 Å². The molecule has 0 aliphatic rings. The van der Waals surface area contributed by atoms with Crippen LogP contribution in [0, 0.1) is 17.7 Å². The van der Waals surface area contributed by atoms with E-state index >= 15 is 0 Å². The SMILES string of the molecule is CC(C)CN(C(=O)CN(C)Cc1ccc(F)cc1)c1c(N)n(CC(C)C)c(=O)[nH]c1=O. The third kappa shape index (κ3) is 6.52. The van der Waals surface area contributed by atoms with E-state index in [9.17, 15) is 18.8 Å². The number of nitrogens with zero attached hydrogens (tertiary/aromatic N) is 3. The predicted octanol–water partition coefficient (Wildman–Crippen LogP) is 2.03. The number of carbonyl (C=O) groups excluding carboxylic acids is 1. The Balaban J connectivity index is 2.34. The van der Waals surface area contributed by atoms with E-state index in [-0.39, 0.29) is 48.2 Å². The lowest BCUT2D eigenvalue weighted by atomic mass is 10.2. The fourth-order valence-corrected chi connectivity index (χ4v) is 3.34. The van der Waals surface area contributed by atoms with Crippen molar-refractivity contribution in [3.63, 3.8) is 0 Å². The summed E-state index contributed by atoms with van der Waals surface area (Å²) in [6.07, 6.45) is 0. The van der Waals surface area contributed by atoms with Gasteiger partial charge < -0.3 is 10.6 Å². The molecule has 3 N–H and O–H groups in total. The van der Waals surface area contributed by atoms with Crippen LogP contribution in [0.4, 0.5) is 15.9 Å². The molecule has 1 amide bonds. The Bertz CT molecular complexity index is 1010. The van der Waals surface area contributed by atoms with Gasteiger partial charge in [-0.25, -0.2) is 9.18 Å². The average molecular weight is 434 g/mol. The summed E-state index contributed by atoms with van der Waals surface area (Å²) in [5, 5.41) is 0. The van der Waals surface area contributed by atoms with Crippen molar-refractivity contribution < 1.29 is 9.18 Å². The Hall–Kier alpha value is -2.94. The number of likely N-dealkylation sites (N-methyl/N-ethyl adjacent to an activating group) is 1. The number of benzene rings is 1. The maximum Gasteiger partial charge on any atom is 0.330 e. The van der Waals surface area contributed by atoms with Crippen LogP contribution in [0.5, 0.6) is 0 Å². The number of nitrogens with two attached hydrogens (primary N) is 1. The van der Waals surface area contributed by atoms with Crippen LogP contribution in [-0.4, -0.2) is 40.5 Å². The second-order valence-corrected chi connectivity index (χ2v) is 8.69. The predicted molar refractivity (Wildman–Crippen MR) is 120 cm³/mol.